The van der Waals surface area contributed by atoms with Gasteiger partial charge in [0.25, 0.3) is 0 Å². The molecule has 0 bridgehead atoms. The number of hydrogen-bond donors (Lipinski definition) is 6. The molecule has 2 aromatic rings. The summed E-state index contributed by atoms with van der Waals surface area (Å²) in [5, 5.41) is 17.0. The van der Waals surface area contributed by atoms with Crippen LogP contribution in [0.5, 0.6) is 0 Å². The molecule has 1 amide bonds. The molecule has 0 spiro atoms. The SMILES string of the molecule is N=C(N)NOCCNC(=O)Cc1cc(NS(=O)(=O)Cc2ccccc2)ccc1Cl.O=C(O)C(F)(F)F. The van der Waals surface area contributed by atoms with Crippen LogP contribution in [0.2, 0.25) is 5.02 Å². The first-order valence-electron chi connectivity index (χ1n) is 9.81. The second-order valence-electron chi connectivity index (χ2n) is 6.85. The Kier molecular flexibility index (Phi) is 11.9. The van der Waals surface area contributed by atoms with Gasteiger partial charge in [-0.15, -0.1) is 0 Å². The number of rotatable bonds is 10. The number of sulfonamides is 1. The predicted molar refractivity (Wildman–Crippen MR) is 126 cm³/mol. The molecule has 2 rings (SSSR count). The molecule has 0 heterocycles. The predicted octanol–water partition coefficient (Wildman–Crippen LogP) is 1.99. The van der Waals surface area contributed by atoms with E-state index in [0.29, 0.717) is 21.8 Å². The summed E-state index contributed by atoms with van der Waals surface area (Å²) >= 11 is 6.13. The number of alkyl halides is 3. The number of halogens is 4. The number of anilines is 1. The van der Waals surface area contributed by atoms with Crippen molar-refractivity contribution in [3.05, 3.63) is 64.7 Å². The van der Waals surface area contributed by atoms with Crippen molar-refractivity contribution >= 4 is 45.1 Å². The van der Waals surface area contributed by atoms with Gasteiger partial charge >= 0.3 is 12.1 Å². The Balaban J connectivity index is 0.000000809. The first kappa shape index (κ1) is 30.5. The summed E-state index contributed by atoms with van der Waals surface area (Å²) in [5.41, 5.74) is 8.66. The fourth-order valence-electron chi connectivity index (χ4n) is 2.39. The monoisotopic (exact) mass is 553 g/mol. The Morgan fingerprint density at radius 3 is 2.31 bits per heavy atom. The molecule has 2 aromatic carbocycles. The third-order valence-corrected chi connectivity index (χ3v) is 5.45. The number of carboxylic acid groups (broad SMARTS) is 1. The normalized spacial score (nSPS) is 11.0. The van der Waals surface area contributed by atoms with E-state index in [1.54, 1.807) is 24.3 Å². The molecule has 0 saturated heterocycles. The first-order valence-corrected chi connectivity index (χ1v) is 11.8. The van der Waals surface area contributed by atoms with Crippen LogP contribution in [0.25, 0.3) is 0 Å². The quantitative estimate of drug-likeness (QED) is 0.112. The summed E-state index contributed by atoms with van der Waals surface area (Å²) in [6.45, 7) is 0.304. The third-order valence-electron chi connectivity index (χ3n) is 3.82. The number of carbonyl (C=O) groups is 2. The summed E-state index contributed by atoms with van der Waals surface area (Å²) in [6.07, 6.45) is -5.12. The van der Waals surface area contributed by atoms with Gasteiger partial charge in [-0.05, 0) is 29.3 Å². The van der Waals surface area contributed by atoms with Gasteiger partial charge in [-0.3, -0.25) is 19.8 Å². The maximum atomic E-state index is 12.4. The van der Waals surface area contributed by atoms with Crippen molar-refractivity contribution in [3.8, 4) is 0 Å². The van der Waals surface area contributed by atoms with E-state index in [1.165, 1.54) is 18.2 Å². The summed E-state index contributed by atoms with van der Waals surface area (Å²) in [7, 11) is -3.62. The average molecular weight is 554 g/mol. The van der Waals surface area contributed by atoms with Crippen LogP contribution in [0.3, 0.4) is 0 Å². The van der Waals surface area contributed by atoms with Crippen molar-refractivity contribution < 1.29 is 41.1 Å². The maximum Gasteiger partial charge on any atom is 0.490 e. The molecule has 0 fully saturated rings. The molecule has 0 atom stereocenters. The summed E-state index contributed by atoms with van der Waals surface area (Å²) in [6, 6.07) is 13.4. The lowest BCUT2D eigenvalue weighted by molar-refractivity contribution is -0.192. The number of hydroxylamine groups is 1. The zero-order valence-corrected chi connectivity index (χ0v) is 20.0. The lowest BCUT2D eigenvalue weighted by atomic mass is 10.1. The number of benzene rings is 2. The average Bonchev–Trinajstić information content (AvgIpc) is 2.75. The van der Waals surface area contributed by atoms with E-state index in [9.17, 15) is 26.4 Å². The van der Waals surface area contributed by atoms with Gasteiger partial charge in [-0.2, -0.15) is 13.2 Å². The minimum Gasteiger partial charge on any atom is -0.475 e. The van der Waals surface area contributed by atoms with Crippen LogP contribution < -0.4 is 21.3 Å². The Hall–Kier alpha value is -3.56. The topological polar surface area (TPSA) is 184 Å². The summed E-state index contributed by atoms with van der Waals surface area (Å²) < 4.78 is 59.0. The van der Waals surface area contributed by atoms with Crippen molar-refractivity contribution in [3.63, 3.8) is 0 Å². The third kappa shape index (κ3) is 12.8. The van der Waals surface area contributed by atoms with Crippen LogP contribution in [0.15, 0.2) is 48.5 Å². The maximum absolute atomic E-state index is 12.4. The number of nitrogens with two attached hydrogens (primary N) is 1. The molecule has 0 unspecified atom stereocenters. The number of guanidine groups is 1. The van der Waals surface area contributed by atoms with Gasteiger partial charge in [-0.1, -0.05) is 41.9 Å². The molecule has 11 nitrogen and oxygen atoms in total. The highest BCUT2D eigenvalue weighted by Crippen LogP contribution is 2.22. The lowest BCUT2D eigenvalue weighted by Gasteiger charge is -2.11. The van der Waals surface area contributed by atoms with Crippen LogP contribution in [0.1, 0.15) is 11.1 Å². The molecule has 7 N–H and O–H groups in total. The molecule has 16 heteroatoms. The minimum absolute atomic E-state index is 0.0345. The van der Waals surface area contributed by atoms with Crippen molar-refractivity contribution in [2.75, 3.05) is 17.9 Å². The van der Waals surface area contributed by atoms with Crippen molar-refractivity contribution in [1.29, 1.82) is 5.41 Å². The summed E-state index contributed by atoms with van der Waals surface area (Å²) in [5.74, 6) is -3.58. The Morgan fingerprint density at radius 1 is 1.14 bits per heavy atom. The van der Waals surface area contributed by atoms with Gasteiger partial charge in [0.15, 0.2) is 0 Å². The second kappa shape index (κ2) is 14.1. The van der Waals surface area contributed by atoms with Gasteiger partial charge in [0, 0.05) is 17.3 Å². The van der Waals surface area contributed by atoms with Gasteiger partial charge < -0.3 is 16.2 Å². The van der Waals surface area contributed by atoms with Crippen LogP contribution in [-0.4, -0.2) is 50.7 Å². The van der Waals surface area contributed by atoms with E-state index in [4.69, 9.17) is 37.5 Å². The smallest absolute Gasteiger partial charge is 0.475 e. The molecule has 0 aliphatic carbocycles. The molecular weight excluding hydrogens is 531 g/mol. The van der Waals surface area contributed by atoms with Crippen molar-refractivity contribution in [2.45, 2.75) is 18.3 Å². The number of amides is 1. The van der Waals surface area contributed by atoms with Gasteiger partial charge in [0.2, 0.25) is 21.9 Å². The zero-order chi connectivity index (χ0) is 27.4. The van der Waals surface area contributed by atoms with E-state index in [1.807, 2.05) is 6.07 Å². The molecule has 198 valence electrons. The molecule has 36 heavy (non-hydrogen) atoms. The summed E-state index contributed by atoms with van der Waals surface area (Å²) in [4.78, 5) is 25.8. The van der Waals surface area contributed by atoms with Crippen LogP contribution in [0, 0.1) is 5.41 Å². The highest BCUT2D eigenvalue weighted by molar-refractivity contribution is 7.91. The molecule has 0 aliphatic heterocycles. The van der Waals surface area contributed by atoms with Crippen molar-refractivity contribution in [2.24, 2.45) is 5.73 Å². The van der Waals surface area contributed by atoms with Crippen LogP contribution >= 0.6 is 11.6 Å². The highest BCUT2D eigenvalue weighted by Gasteiger charge is 2.38. The van der Waals surface area contributed by atoms with Gasteiger partial charge in [0.1, 0.15) is 0 Å². The van der Waals surface area contributed by atoms with E-state index in [-0.39, 0.29) is 37.2 Å². The molecule has 0 aromatic heterocycles. The fraction of sp³-hybridized carbons (Fsp3) is 0.250. The van der Waals surface area contributed by atoms with Crippen LogP contribution in [-0.2, 0) is 36.6 Å². The Bertz CT molecular complexity index is 1150. The zero-order valence-electron chi connectivity index (χ0n) is 18.4. The number of carboxylic acids is 1. The van der Waals surface area contributed by atoms with E-state index < -0.39 is 22.2 Å². The van der Waals surface area contributed by atoms with E-state index >= 15 is 0 Å². The number of nitrogens with one attached hydrogen (secondary N) is 4. The largest absolute Gasteiger partial charge is 0.490 e. The van der Waals surface area contributed by atoms with E-state index in [0.717, 1.165) is 0 Å². The van der Waals surface area contributed by atoms with Crippen molar-refractivity contribution in [1.82, 2.24) is 10.8 Å². The Labute approximate surface area is 209 Å². The molecule has 0 radical (unpaired) electrons. The number of carbonyl (C=O) groups excluding carboxylic acids is 1. The van der Waals surface area contributed by atoms with Crippen LogP contribution in [0.4, 0.5) is 18.9 Å². The van der Waals surface area contributed by atoms with E-state index in [2.05, 4.69) is 15.5 Å². The standard InChI is InChI=1S/C18H22ClN5O4S.C2HF3O2/c19-16-7-6-15(24-29(26,27)12-13-4-2-1-3-5-13)10-14(16)11-17(25)22-8-9-28-23-18(20)21;3-2(4,5)1(6)7/h1-7,10,24H,8-9,11-12H2,(H,22,25)(H4,20,21,23);(H,6,7). The first-order chi connectivity index (χ1) is 16.7. The molecule has 0 aliphatic rings. The van der Waals surface area contributed by atoms with Gasteiger partial charge in [-0.25, -0.2) is 18.7 Å². The molecular formula is C20H23ClF3N5O6S. The fourth-order valence-corrected chi connectivity index (χ4v) is 3.76. The van der Waals surface area contributed by atoms with Gasteiger partial charge in [0.05, 0.1) is 18.8 Å². The highest BCUT2D eigenvalue weighted by atomic mass is 35.5. The molecule has 0 saturated carbocycles. The second-order valence-corrected chi connectivity index (χ2v) is 8.98. The Morgan fingerprint density at radius 2 is 1.75 bits per heavy atom. The lowest BCUT2D eigenvalue weighted by Crippen LogP contribution is -2.34. The minimum atomic E-state index is -5.08. The number of aliphatic carboxylic acids is 1. The number of hydrogen-bond acceptors (Lipinski definition) is 6.